The zero-order chi connectivity index (χ0) is 18.6. The van der Waals surface area contributed by atoms with Crippen LogP contribution in [0.4, 0.5) is 4.79 Å². The fourth-order valence-electron chi connectivity index (χ4n) is 3.24. The van der Waals surface area contributed by atoms with Gasteiger partial charge in [0, 0.05) is 13.6 Å². The first-order valence-corrected chi connectivity index (χ1v) is 8.76. The Morgan fingerprint density at radius 1 is 1.17 bits per heavy atom. The SMILES string of the molecule is CC[C@]1(C(=O)N(C)OC)CC[C@@](C)(CNC(=O)OC(C)(C)C)CC1. The van der Waals surface area contributed by atoms with Crippen molar-refractivity contribution < 1.29 is 19.2 Å². The minimum atomic E-state index is -0.494. The van der Waals surface area contributed by atoms with Crippen LogP contribution < -0.4 is 5.32 Å². The van der Waals surface area contributed by atoms with E-state index in [0.29, 0.717) is 6.54 Å². The number of rotatable bonds is 5. The maximum absolute atomic E-state index is 12.6. The highest BCUT2D eigenvalue weighted by molar-refractivity contribution is 5.81. The topological polar surface area (TPSA) is 67.9 Å². The number of ether oxygens (including phenoxy) is 1. The Morgan fingerprint density at radius 3 is 2.12 bits per heavy atom. The molecule has 140 valence electrons. The third-order valence-electron chi connectivity index (χ3n) is 5.16. The molecule has 0 aromatic carbocycles. The molecule has 6 heteroatoms. The van der Waals surface area contributed by atoms with Gasteiger partial charge in [-0.05, 0) is 58.3 Å². The summed E-state index contributed by atoms with van der Waals surface area (Å²) in [4.78, 5) is 29.6. The Morgan fingerprint density at radius 2 is 1.71 bits per heavy atom. The van der Waals surface area contributed by atoms with E-state index in [1.165, 1.54) is 12.2 Å². The lowest BCUT2D eigenvalue weighted by Crippen LogP contribution is -2.47. The number of carbonyl (C=O) groups is 2. The van der Waals surface area contributed by atoms with E-state index in [2.05, 4.69) is 19.2 Å². The zero-order valence-electron chi connectivity index (χ0n) is 16.3. The van der Waals surface area contributed by atoms with Crippen LogP contribution in [0.3, 0.4) is 0 Å². The molecule has 1 aliphatic carbocycles. The largest absolute Gasteiger partial charge is 0.444 e. The number of alkyl carbamates (subject to hydrolysis) is 1. The van der Waals surface area contributed by atoms with E-state index in [0.717, 1.165) is 32.1 Å². The van der Waals surface area contributed by atoms with Crippen molar-refractivity contribution >= 4 is 12.0 Å². The molecule has 1 N–H and O–H groups in total. The van der Waals surface area contributed by atoms with Crippen molar-refractivity contribution in [1.82, 2.24) is 10.4 Å². The molecule has 1 saturated carbocycles. The third-order valence-corrected chi connectivity index (χ3v) is 5.16. The fraction of sp³-hybridized carbons (Fsp3) is 0.889. The summed E-state index contributed by atoms with van der Waals surface area (Å²) in [6.45, 7) is 10.3. The van der Waals surface area contributed by atoms with Gasteiger partial charge >= 0.3 is 6.09 Å². The summed E-state index contributed by atoms with van der Waals surface area (Å²) < 4.78 is 5.29. The van der Waals surface area contributed by atoms with E-state index < -0.39 is 5.60 Å². The molecule has 0 aromatic heterocycles. The van der Waals surface area contributed by atoms with Crippen LogP contribution in [0.5, 0.6) is 0 Å². The highest BCUT2D eigenvalue weighted by atomic mass is 16.7. The van der Waals surface area contributed by atoms with Crippen molar-refractivity contribution in [2.75, 3.05) is 20.7 Å². The van der Waals surface area contributed by atoms with Gasteiger partial charge in [-0.3, -0.25) is 9.63 Å². The first kappa shape index (κ1) is 20.7. The average molecular weight is 342 g/mol. The van der Waals surface area contributed by atoms with E-state index in [-0.39, 0.29) is 22.8 Å². The number of nitrogens with zero attached hydrogens (tertiary/aromatic N) is 1. The fourth-order valence-corrected chi connectivity index (χ4v) is 3.24. The summed E-state index contributed by atoms with van der Waals surface area (Å²) in [5.41, 5.74) is -0.857. The van der Waals surface area contributed by atoms with Crippen molar-refractivity contribution in [3.8, 4) is 0 Å². The number of hydrogen-bond acceptors (Lipinski definition) is 4. The van der Waals surface area contributed by atoms with Crippen molar-refractivity contribution in [3.05, 3.63) is 0 Å². The van der Waals surface area contributed by atoms with Crippen LogP contribution in [-0.4, -0.2) is 43.4 Å². The molecule has 0 aromatic rings. The molecule has 1 fully saturated rings. The van der Waals surface area contributed by atoms with Gasteiger partial charge in [-0.25, -0.2) is 9.86 Å². The molecule has 1 aliphatic rings. The molecule has 6 nitrogen and oxygen atoms in total. The summed E-state index contributed by atoms with van der Waals surface area (Å²) in [5.74, 6) is 0.0506. The highest BCUT2D eigenvalue weighted by Gasteiger charge is 2.45. The van der Waals surface area contributed by atoms with Crippen LogP contribution in [-0.2, 0) is 14.4 Å². The third kappa shape index (κ3) is 5.36. The molecule has 0 aliphatic heterocycles. The molecular formula is C18H34N2O4. The Balaban J connectivity index is 2.62. The number of hydrogen-bond donors (Lipinski definition) is 1. The maximum atomic E-state index is 12.6. The van der Waals surface area contributed by atoms with Crippen molar-refractivity contribution in [2.45, 2.75) is 72.3 Å². The van der Waals surface area contributed by atoms with Gasteiger partial charge in [-0.1, -0.05) is 13.8 Å². The number of amides is 2. The van der Waals surface area contributed by atoms with Gasteiger partial charge in [0.05, 0.1) is 12.5 Å². The van der Waals surface area contributed by atoms with Gasteiger partial charge in [0.2, 0.25) is 0 Å². The van der Waals surface area contributed by atoms with Crippen LogP contribution in [0.2, 0.25) is 0 Å². The summed E-state index contributed by atoms with van der Waals surface area (Å²) in [6, 6.07) is 0. The Hall–Kier alpha value is -1.30. The quantitative estimate of drug-likeness (QED) is 0.776. The summed E-state index contributed by atoms with van der Waals surface area (Å²) in [6.07, 6.45) is 3.81. The molecule has 0 unspecified atom stereocenters. The summed E-state index contributed by atoms with van der Waals surface area (Å²) in [7, 11) is 3.18. The van der Waals surface area contributed by atoms with Crippen LogP contribution in [0.25, 0.3) is 0 Å². The second-order valence-corrected chi connectivity index (χ2v) is 8.29. The first-order chi connectivity index (χ1) is 11.0. The van der Waals surface area contributed by atoms with Gasteiger partial charge in [-0.2, -0.15) is 0 Å². The van der Waals surface area contributed by atoms with Gasteiger partial charge in [-0.15, -0.1) is 0 Å². The summed E-state index contributed by atoms with van der Waals surface area (Å²) in [5, 5.41) is 4.22. The Bertz CT molecular complexity index is 448. The predicted molar refractivity (Wildman–Crippen MR) is 93.3 cm³/mol. The van der Waals surface area contributed by atoms with Gasteiger partial charge in [0.1, 0.15) is 5.60 Å². The molecule has 0 saturated heterocycles. The smallest absolute Gasteiger partial charge is 0.407 e. The van der Waals surface area contributed by atoms with Crippen LogP contribution in [0.1, 0.15) is 66.7 Å². The Labute approximate surface area is 146 Å². The molecule has 0 radical (unpaired) electrons. The minimum Gasteiger partial charge on any atom is -0.444 e. The molecular weight excluding hydrogens is 308 g/mol. The van der Waals surface area contributed by atoms with Crippen molar-refractivity contribution in [2.24, 2.45) is 10.8 Å². The molecule has 1 rings (SSSR count). The second kappa shape index (κ2) is 7.72. The van der Waals surface area contributed by atoms with E-state index in [1.54, 1.807) is 7.05 Å². The van der Waals surface area contributed by atoms with E-state index in [1.807, 2.05) is 20.8 Å². The summed E-state index contributed by atoms with van der Waals surface area (Å²) >= 11 is 0. The van der Waals surface area contributed by atoms with Crippen LogP contribution >= 0.6 is 0 Å². The normalized spacial score (nSPS) is 27.5. The van der Waals surface area contributed by atoms with Gasteiger partial charge < -0.3 is 10.1 Å². The first-order valence-electron chi connectivity index (χ1n) is 8.76. The number of nitrogens with one attached hydrogen (secondary N) is 1. The second-order valence-electron chi connectivity index (χ2n) is 8.29. The van der Waals surface area contributed by atoms with Gasteiger partial charge in [0.25, 0.3) is 5.91 Å². The monoisotopic (exact) mass is 342 g/mol. The van der Waals surface area contributed by atoms with E-state index in [4.69, 9.17) is 9.57 Å². The molecule has 2 amide bonds. The van der Waals surface area contributed by atoms with Crippen molar-refractivity contribution in [1.29, 1.82) is 0 Å². The molecule has 0 atom stereocenters. The lowest BCUT2D eigenvalue weighted by atomic mass is 9.63. The van der Waals surface area contributed by atoms with E-state index >= 15 is 0 Å². The molecule has 0 heterocycles. The van der Waals surface area contributed by atoms with Crippen LogP contribution in [0.15, 0.2) is 0 Å². The number of carbonyl (C=O) groups excluding carboxylic acids is 2. The lowest BCUT2D eigenvalue weighted by Gasteiger charge is -2.44. The average Bonchev–Trinajstić information content (AvgIpc) is 2.51. The van der Waals surface area contributed by atoms with Crippen molar-refractivity contribution in [3.63, 3.8) is 0 Å². The Kier molecular flexibility index (Phi) is 6.67. The number of hydroxylamine groups is 2. The maximum Gasteiger partial charge on any atom is 0.407 e. The van der Waals surface area contributed by atoms with E-state index in [9.17, 15) is 9.59 Å². The standard InChI is InChI=1S/C18H34N2O4/c1-8-18(14(21)20(6)23-7)11-9-17(5,10-12-18)13-19-15(22)24-16(2,3)4/h8-13H2,1-7H3,(H,19,22)/t17-,18+. The molecule has 0 bridgehead atoms. The minimum absolute atomic E-state index is 0.0124. The molecule has 0 spiro atoms. The molecule has 24 heavy (non-hydrogen) atoms. The van der Waals surface area contributed by atoms with Crippen LogP contribution in [0, 0.1) is 10.8 Å². The zero-order valence-corrected chi connectivity index (χ0v) is 16.3. The predicted octanol–water partition coefficient (Wildman–Crippen LogP) is 3.51. The van der Waals surface area contributed by atoms with Gasteiger partial charge in [0.15, 0.2) is 0 Å². The lowest BCUT2D eigenvalue weighted by molar-refractivity contribution is -0.184. The highest BCUT2D eigenvalue weighted by Crippen LogP contribution is 2.47.